The SMILES string of the molecule is NC(C(=O)Cc1ccc(Br)cc1Cl)c1ccccc1. The third kappa shape index (κ3) is 3.66. The van der Waals surface area contributed by atoms with Gasteiger partial charge in [-0.2, -0.15) is 0 Å². The van der Waals surface area contributed by atoms with Crippen molar-refractivity contribution < 1.29 is 4.79 Å². The first-order valence-corrected chi connectivity index (χ1v) is 7.02. The van der Waals surface area contributed by atoms with E-state index in [1.54, 1.807) is 6.07 Å². The van der Waals surface area contributed by atoms with Crippen LogP contribution in [-0.2, 0) is 11.2 Å². The summed E-state index contributed by atoms with van der Waals surface area (Å²) in [6, 6.07) is 14.2. The van der Waals surface area contributed by atoms with Crippen molar-refractivity contribution >= 4 is 33.3 Å². The lowest BCUT2D eigenvalue weighted by Crippen LogP contribution is -2.23. The van der Waals surface area contributed by atoms with Gasteiger partial charge in [-0.1, -0.05) is 63.9 Å². The number of hydrogen-bond acceptors (Lipinski definition) is 2. The number of halogens is 2. The Labute approximate surface area is 125 Å². The molecule has 98 valence electrons. The molecule has 2 rings (SSSR count). The van der Waals surface area contributed by atoms with Crippen LogP contribution in [0.4, 0.5) is 0 Å². The summed E-state index contributed by atoms with van der Waals surface area (Å²) in [4.78, 5) is 12.2. The molecule has 0 fully saturated rings. The molecule has 0 radical (unpaired) electrons. The zero-order valence-corrected chi connectivity index (χ0v) is 12.5. The lowest BCUT2D eigenvalue weighted by atomic mass is 9.98. The van der Waals surface area contributed by atoms with Crippen molar-refractivity contribution in [1.29, 1.82) is 0 Å². The Morgan fingerprint density at radius 2 is 1.89 bits per heavy atom. The molecule has 1 atom stereocenters. The average Bonchev–Trinajstić information content (AvgIpc) is 2.42. The molecule has 0 aliphatic heterocycles. The van der Waals surface area contributed by atoms with E-state index < -0.39 is 6.04 Å². The van der Waals surface area contributed by atoms with E-state index in [0.29, 0.717) is 5.02 Å². The zero-order chi connectivity index (χ0) is 13.8. The maximum atomic E-state index is 12.2. The van der Waals surface area contributed by atoms with Crippen molar-refractivity contribution in [3.63, 3.8) is 0 Å². The second-order valence-electron chi connectivity index (χ2n) is 4.27. The molecule has 0 heterocycles. The highest BCUT2D eigenvalue weighted by atomic mass is 79.9. The number of rotatable bonds is 4. The van der Waals surface area contributed by atoms with Crippen molar-refractivity contribution in [3.8, 4) is 0 Å². The van der Waals surface area contributed by atoms with Gasteiger partial charge in [-0.05, 0) is 23.3 Å². The van der Waals surface area contributed by atoms with Crippen LogP contribution >= 0.6 is 27.5 Å². The minimum atomic E-state index is -0.610. The Hall–Kier alpha value is -1.16. The molecule has 0 bridgehead atoms. The maximum Gasteiger partial charge on any atom is 0.158 e. The van der Waals surface area contributed by atoms with E-state index >= 15 is 0 Å². The summed E-state index contributed by atoms with van der Waals surface area (Å²) < 4.78 is 0.890. The Morgan fingerprint density at radius 3 is 2.53 bits per heavy atom. The standard InChI is InChI=1S/C15H13BrClNO/c16-12-7-6-11(13(17)9-12)8-14(19)15(18)10-4-2-1-3-5-10/h1-7,9,15H,8,18H2. The van der Waals surface area contributed by atoms with Crippen molar-refractivity contribution in [2.45, 2.75) is 12.5 Å². The monoisotopic (exact) mass is 337 g/mol. The summed E-state index contributed by atoms with van der Waals surface area (Å²) in [5.74, 6) is -0.0459. The predicted octanol–water partition coefficient (Wildman–Crippen LogP) is 3.91. The number of ketones is 1. The van der Waals surface area contributed by atoms with Crippen LogP contribution in [-0.4, -0.2) is 5.78 Å². The molecule has 0 saturated heterocycles. The molecule has 0 aliphatic rings. The topological polar surface area (TPSA) is 43.1 Å². The Kier molecular flexibility index (Phi) is 4.75. The summed E-state index contributed by atoms with van der Waals surface area (Å²) in [6.07, 6.45) is 0.238. The molecule has 4 heteroatoms. The summed E-state index contributed by atoms with van der Waals surface area (Å²) in [7, 11) is 0. The molecule has 19 heavy (non-hydrogen) atoms. The first kappa shape index (κ1) is 14.3. The first-order chi connectivity index (χ1) is 9.08. The van der Waals surface area contributed by atoms with Crippen molar-refractivity contribution in [1.82, 2.24) is 0 Å². The molecule has 0 aromatic heterocycles. The minimum Gasteiger partial charge on any atom is -0.318 e. The number of hydrogen-bond donors (Lipinski definition) is 1. The van der Waals surface area contributed by atoms with Crippen LogP contribution in [0.3, 0.4) is 0 Å². The summed E-state index contributed by atoms with van der Waals surface area (Å²) >= 11 is 9.44. The molecular weight excluding hydrogens is 326 g/mol. The Balaban J connectivity index is 2.13. The third-order valence-electron chi connectivity index (χ3n) is 2.89. The van der Waals surface area contributed by atoms with Crippen molar-refractivity contribution in [2.75, 3.05) is 0 Å². The number of benzene rings is 2. The van der Waals surface area contributed by atoms with Gasteiger partial charge < -0.3 is 5.73 Å². The molecular formula is C15H13BrClNO. The molecule has 1 unspecified atom stereocenters. The highest BCUT2D eigenvalue weighted by Gasteiger charge is 2.17. The molecule has 0 amide bonds. The van der Waals surface area contributed by atoms with E-state index in [4.69, 9.17) is 17.3 Å². The van der Waals surface area contributed by atoms with E-state index in [2.05, 4.69) is 15.9 Å². The lowest BCUT2D eigenvalue weighted by Gasteiger charge is -2.11. The van der Waals surface area contributed by atoms with Gasteiger partial charge in [0.15, 0.2) is 5.78 Å². The highest BCUT2D eigenvalue weighted by Crippen LogP contribution is 2.23. The zero-order valence-electron chi connectivity index (χ0n) is 10.1. The first-order valence-electron chi connectivity index (χ1n) is 5.85. The van der Waals surface area contributed by atoms with Gasteiger partial charge in [-0.15, -0.1) is 0 Å². The molecule has 0 spiro atoms. The van der Waals surface area contributed by atoms with E-state index in [-0.39, 0.29) is 12.2 Å². The van der Waals surface area contributed by atoms with Crippen LogP contribution < -0.4 is 5.73 Å². The van der Waals surface area contributed by atoms with Gasteiger partial charge in [-0.3, -0.25) is 4.79 Å². The van der Waals surface area contributed by atoms with Gasteiger partial charge in [0.05, 0.1) is 6.04 Å². The third-order valence-corrected chi connectivity index (χ3v) is 3.73. The predicted molar refractivity (Wildman–Crippen MR) is 81.2 cm³/mol. The van der Waals surface area contributed by atoms with Gasteiger partial charge in [0.2, 0.25) is 0 Å². The summed E-state index contributed by atoms with van der Waals surface area (Å²) in [5, 5.41) is 0.572. The molecule has 2 N–H and O–H groups in total. The van der Waals surface area contributed by atoms with Crippen LogP contribution in [0.25, 0.3) is 0 Å². The van der Waals surface area contributed by atoms with E-state index in [1.165, 1.54) is 0 Å². The second-order valence-corrected chi connectivity index (χ2v) is 5.59. The number of carbonyl (C=O) groups is 1. The van der Waals surface area contributed by atoms with E-state index in [9.17, 15) is 4.79 Å². The fraction of sp³-hybridized carbons (Fsp3) is 0.133. The molecule has 0 aliphatic carbocycles. The van der Waals surface area contributed by atoms with Crippen LogP contribution in [0.15, 0.2) is 53.0 Å². The van der Waals surface area contributed by atoms with Crippen LogP contribution in [0.1, 0.15) is 17.2 Å². The fourth-order valence-electron chi connectivity index (χ4n) is 1.81. The molecule has 0 saturated carbocycles. The van der Waals surface area contributed by atoms with Gasteiger partial charge in [0.1, 0.15) is 0 Å². The highest BCUT2D eigenvalue weighted by molar-refractivity contribution is 9.10. The Morgan fingerprint density at radius 1 is 1.21 bits per heavy atom. The molecule has 2 nitrogen and oxygen atoms in total. The van der Waals surface area contributed by atoms with Crippen molar-refractivity contribution in [2.24, 2.45) is 5.73 Å². The van der Waals surface area contributed by atoms with Gasteiger partial charge in [-0.25, -0.2) is 0 Å². The van der Waals surface area contributed by atoms with Crippen molar-refractivity contribution in [3.05, 3.63) is 69.2 Å². The Bertz CT molecular complexity index is 586. The second kappa shape index (κ2) is 6.33. The maximum absolute atomic E-state index is 12.2. The van der Waals surface area contributed by atoms with E-state index in [0.717, 1.165) is 15.6 Å². The van der Waals surface area contributed by atoms with E-state index in [1.807, 2.05) is 42.5 Å². The largest absolute Gasteiger partial charge is 0.318 e. The van der Waals surface area contributed by atoms with Crippen LogP contribution in [0.5, 0.6) is 0 Å². The average molecular weight is 339 g/mol. The summed E-state index contributed by atoms with van der Waals surface area (Å²) in [5.41, 5.74) is 7.58. The number of Topliss-reactive ketones (excluding diaryl/α,β-unsaturated/α-hetero) is 1. The van der Waals surface area contributed by atoms with Gasteiger partial charge in [0.25, 0.3) is 0 Å². The smallest absolute Gasteiger partial charge is 0.158 e. The minimum absolute atomic E-state index is 0.0459. The lowest BCUT2D eigenvalue weighted by molar-refractivity contribution is -0.119. The van der Waals surface area contributed by atoms with Gasteiger partial charge in [0, 0.05) is 15.9 Å². The van der Waals surface area contributed by atoms with Crippen LogP contribution in [0.2, 0.25) is 5.02 Å². The quantitative estimate of drug-likeness (QED) is 0.918. The van der Waals surface area contributed by atoms with Gasteiger partial charge >= 0.3 is 0 Å². The molecule has 2 aromatic carbocycles. The fourth-order valence-corrected chi connectivity index (χ4v) is 2.55. The number of nitrogens with two attached hydrogens (primary N) is 1. The number of carbonyl (C=O) groups excluding carboxylic acids is 1. The molecule has 2 aromatic rings. The van der Waals surface area contributed by atoms with Crippen LogP contribution in [0, 0.1) is 0 Å². The normalized spacial score (nSPS) is 12.2. The summed E-state index contributed by atoms with van der Waals surface area (Å²) in [6.45, 7) is 0.